The number of amides is 1. The second-order valence-corrected chi connectivity index (χ2v) is 13.5. The third-order valence-corrected chi connectivity index (χ3v) is 8.50. The number of likely N-dealkylation sites (N-methyl/N-ethyl adjacent to an activating group) is 1. The second kappa shape index (κ2) is 13.3. The number of ketones is 1. The van der Waals surface area contributed by atoms with Crippen molar-refractivity contribution in [2.24, 2.45) is 11.8 Å². The SMILES string of the molecule is CC(C)C[C@H](CC(=O)[C@H](Cc1c[nH]c2ccccc12)N(C)C(=O)OCC1c2ccccc2-c2ccccc21)C(=O)OC(C)(C)C. The molecule has 0 fully saturated rings. The number of nitrogens with one attached hydrogen (secondary N) is 1. The Kier molecular flexibility index (Phi) is 9.47. The average molecular weight is 609 g/mol. The maximum Gasteiger partial charge on any atom is 0.410 e. The number of nitrogens with zero attached hydrogens (tertiary/aromatic N) is 1. The number of H-pyrrole nitrogens is 1. The van der Waals surface area contributed by atoms with E-state index >= 15 is 0 Å². The highest BCUT2D eigenvalue weighted by molar-refractivity contribution is 5.92. The summed E-state index contributed by atoms with van der Waals surface area (Å²) >= 11 is 0. The van der Waals surface area contributed by atoms with Gasteiger partial charge in [-0.05, 0) is 67.0 Å². The van der Waals surface area contributed by atoms with E-state index in [1.54, 1.807) is 7.05 Å². The fraction of sp³-hybridized carbons (Fsp3) is 0.395. The van der Waals surface area contributed by atoms with Gasteiger partial charge < -0.3 is 19.4 Å². The molecule has 5 rings (SSSR count). The normalized spacial score (nSPS) is 14.1. The van der Waals surface area contributed by atoms with Crippen molar-refractivity contribution in [3.63, 3.8) is 0 Å². The summed E-state index contributed by atoms with van der Waals surface area (Å²) in [6.07, 6.45) is 2.08. The summed E-state index contributed by atoms with van der Waals surface area (Å²) < 4.78 is 11.7. The van der Waals surface area contributed by atoms with Gasteiger partial charge in [-0.15, -0.1) is 0 Å². The minimum Gasteiger partial charge on any atom is -0.460 e. The molecule has 0 saturated carbocycles. The molecule has 1 aromatic heterocycles. The van der Waals surface area contributed by atoms with Crippen molar-refractivity contribution in [2.75, 3.05) is 13.7 Å². The van der Waals surface area contributed by atoms with Crippen LogP contribution in [-0.4, -0.2) is 53.0 Å². The van der Waals surface area contributed by atoms with E-state index in [1.165, 1.54) is 4.90 Å². The first kappa shape index (κ1) is 32.0. The lowest BCUT2D eigenvalue weighted by Crippen LogP contribution is -2.45. The molecule has 7 nitrogen and oxygen atoms in total. The van der Waals surface area contributed by atoms with Crippen LogP contribution in [0.15, 0.2) is 79.0 Å². The lowest BCUT2D eigenvalue weighted by molar-refractivity contribution is -0.162. The average Bonchev–Trinajstić information content (AvgIpc) is 3.55. The summed E-state index contributed by atoms with van der Waals surface area (Å²) in [6, 6.07) is 23.4. The number of Topliss-reactive ketones (excluding diaryl/α,β-unsaturated/α-hetero) is 1. The Bertz CT molecular complexity index is 1640. The Morgan fingerprint density at radius 2 is 1.49 bits per heavy atom. The number of fused-ring (bicyclic) bond motifs is 4. The summed E-state index contributed by atoms with van der Waals surface area (Å²) in [5.74, 6) is -1.12. The summed E-state index contributed by atoms with van der Waals surface area (Å²) in [7, 11) is 1.61. The number of rotatable bonds is 11. The number of para-hydroxylation sites is 1. The van der Waals surface area contributed by atoms with Gasteiger partial charge in [-0.2, -0.15) is 0 Å². The first-order valence-electron chi connectivity index (χ1n) is 15.8. The van der Waals surface area contributed by atoms with Gasteiger partial charge in [0.05, 0.1) is 12.0 Å². The molecule has 1 aliphatic carbocycles. The second-order valence-electron chi connectivity index (χ2n) is 13.5. The molecule has 1 heterocycles. The highest BCUT2D eigenvalue weighted by Gasteiger charge is 2.35. The minimum atomic E-state index is -0.836. The molecule has 2 atom stereocenters. The van der Waals surface area contributed by atoms with E-state index in [0.717, 1.165) is 38.7 Å². The van der Waals surface area contributed by atoms with Gasteiger partial charge in [-0.1, -0.05) is 80.6 Å². The maximum absolute atomic E-state index is 14.1. The molecule has 0 spiro atoms. The lowest BCUT2D eigenvalue weighted by atomic mass is 9.88. The van der Waals surface area contributed by atoms with Gasteiger partial charge in [0.1, 0.15) is 12.2 Å². The summed E-state index contributed by atoms with van der Waals surface area (Å²) in [4.78, 5) is 45.7. The predicted octanol–water partition coefficient (Wildman–Crippen LogP) is 7.92. The van der Waals surface area contributed by atoms with E-state index < -0.39 is 23.7 Å². The van der Waals surface area contributed by atoms with Gasteiger partial charge in [0.2, 0.25) is 0 Å². The Labute approximate surface area is 265 Å². The molecule has 1 aliphatic rings. The predicted molar refractivity (Wildman–Crippen MR) is 177 cm³/mol. The highest BCUT2D eigenvalue weighted by atomic mass is 16.6. The Hall–Kier alpha value is -4.39. The van der Waals surface area contributed by atoms with Gasteiger partial charge in [-0.3, -0.25) is 9.59 Å². The molecular weight excluding hydrogens is 564 g/mol. The largest absolute Gasteiger partial charge is 0.460 e. The quantitative estimate of drug-likeness (QED) is 0.175. The van der Waals surface area contributed by atoms with Gasteiger partial charge in [0, 0.05) is 42.9 Å². The van der Waals surface area contributed by atoms with Crippen LogP contribution in [0.5, 0.6) is 0 Å². The fourth-order valence-electron chi connectivity index (χ4n) is 6.39. The molecule has 0 aliphatic heterocycles. The topological polar surface area (TPSA) is 88.7 Å². The molecule has 45 heavy (non-hydrogen) atoms. The molecule has 0 radical (unpaired) electrons. The molecule has 3 aromatic carbocycles. The van der Waals surface area contributed by atoms with Crippen LogP contribution >= 0.6 is 0 Å². The first-order valence-corrected chi connectivity index (χ1v) is 15.8. The van der Waals surface area contributed by atoms with Crippen molar-refractivity contribution in [3.05, 3.63) is 95.7 Å². The zero-order valence-electron chi connectivity index (χ0n) is 27.1. The van der Waals surface area contributed by atoms with Crippen molar-refractivity contribution in [1.29, 1.82) is 0 Å². The van der Waals surface area contributed by atoms with Crippen LogP contribution in [0, 0.1) is 11.8 Å². The standard InChI is InChI=1S/C38H44N2O5/c1-24(2)19-25(36(42)45-38(3,4)5)21-35(41)34(20-26-22-39-33-18-12-11-13-27(26)33)40(6)37(43)44-23-32-30-16-9-7-14-28(30)29-15-8-10-17-31(29)32/h7-18,22,24-25,32,34,39H,19-21,23H2,1-6H3/t25-,34+/m1/s1. The number of esters is 1. The smallest absolute Gasteiger partial charge is 0.410 e. The number of hydrogen-bond acceptors (Lipinski definition) is 5. The molecular formula is C38H44N2O5. The van der Waals surface area contributed by atoms with Crippen LogP contribution in [-0.2, 0) is 25.5 Å². The van der Waals surface area contributed by atoms with Crippen molar-refractivity contribution < 1.29 is 23.9 Å². The van der Waals surface area contributed by atoms with Crippen LogP contribution in [0.4, 0.5) is 4.79 Å². The molecule has 4 aromatic rings. The molecule has 236 valence electrons. The number of ether oxygens (including phenoxy) is 2. The van der Waals surface area contributed by atoms with Crippen molar-refractivity contribution in [3.8, 4) is 11.1 Å². The molecule has 7 heteroatoms. The van der Waals surface area contributed by atoms with E-state index in [0.29, 0.717) is 6.42 Å². The molecule has 0 unspecified atom stereocenters. The van der Waals surface area contributed by atoms with Crippen LogP contribution < -0.4 is 0 Å². The number of benzene rings is 3. The van der Waals surface area contributed by atoms with Crippen LogP contribution in [0.25, 0.3) is 22.0 Å². The van der Waals surface area contributed by atoms with Gasteiger partial charge >= 0.3 is 12.1 Å². The number of aromatic amines is 1. The lowest BCUT2D eigenvalue weighted by Gasteiger charge is -2.29. The van der Waals surface area contributed by atoms with Crippen molar-refractivity contribution >= 4 is 28.7 Å². The number of carbonyl (C=O) groups is 3. The summed E-state index contributed by atoms with van der Waals surface area (Å²) in [5, 5.41) is 0.988. The Morgan fingerprint density at radius 3 is 2.11 bits per heavy atom. The Morgan fingerprint density at radius 1 is 0.889 bits per heavy atom. The van der Waals surface area contributed by atoms with Crippen molar-refractivity contribution in [2.45, 2.75) is 71.4 Å². The Balaban J connectivity index is 1.38. The third-order valence-electron chi connectivity index (χ3n) is 8.50. The highest BCUT2D eigenvalue weighted by Crippen LogP contribution is 2.44. The van der Waals surface area contributed by atoms with E-state index in [-0.39, 0.29) is 43.0 Å². The minimum absolute atomic E-state index is 0.0267. The number of aromatic nitrogens is 1. The number of hydrogen-bond donors (Lipinski definition) is 1. The van der Waals surface area contributed by atoms with Gasteiger partial charge in [0.15, 0.2) is 5.78 Å². The van der Waals surface area contributed by atoms with Crippen molar-refractivity contribution in [1.82, 2.24) is 9.88 Å². The molecule has 0 bridgehead atoms. The van der Waals surface area contributed by atoms with E-state index in [4.69, 9.17) is 9.47 Å². The van der Waals surface area contributed by atoms with Gasteiger partial charge in [0.25, 0.3) is 0 Å². The fourth-order valence-corrected chi connectivity index (χ4v) is 6.39. The molecule has 1 N–H and O–H groups in total. The van der Waals surface area contributed by atoms with E-state index in [2.05, 4.69) is 29.2 Å². The summed E-state index contributed by atoms with van der Waals surface area (Å²) in [6.45, 7) is 9.67. The first-order chi connectivity index (χ1) is 21.4. The summed E-state index contributed by atoms with van der Waals surface area (Å²) in [5.41, 5.74) is 5.73. The van der Waals surface area contributed by atoms with Crippen LogP contribution in [0.2, 0.25) is 0 Å². The number of carbonyl (C=O) groups excluding carboxylic acids is 3. The zero-order chi connectivity index (χ0) is 32.3. The molecule has 1 amide bonds. The van der Waals surface area contributed by atoms with Crippen LogP contribution in [0.3, 0.4) is 0 Å². The monoisotopic (exact) mass is 608 g/mol. The van der Waals surface area contributed by atoms with E-state index in [1.807, 2.05) is 89.3 Å². The maximum atomic E-state index is 14.1. The zero-order valence-corrected chi connectivity index (χ0v) is 27.1. The van der Waals surface area contributed by atoms with Gasteiger partial charge in [-0.25, -0.2) is 4.79 Å². The molecule has 0 saturated heterocycles. The van der Waals surface area contributed by atoms with E-state index in [9.17, 15) is 14.4 Å². The van der Waals surface area contributed by atoms with Crippen LogP contribution in [0.1, 0.15) is 70.1 Å². The third kappa shape index (κ3) is 7.30.